The second-order valence-electron chi connectivity index (χ2n) is 2.73. The van der Waals surface area contributed by atoms with Gasteiger partial charge < -0.3 is 5.11 Å². The van der Waals surface area contributed by atoms with Crippen LogP contribution in [0.2, 0.25) is 4.47 Å². The van der Waals surface area contributed by atoms with E-state index in [-0.39, 0.29) is 6.10 Å². The number of aromatic nitrogens is 1. The van der Waals surface area contributed by atoms with Crippen LogP contribution in [-0.2, 0) is 12.8 Å². The Labute approximate surface area is 73.8 Å². The fourth-order valence-corrected chi connectivity index (χ4v) is 2.61. The molecule has 1 N–H and O–H groups in total. The molecule has 0 saturated carbocycles. The third kappa shape index (κ3) is 1.41. The number of aliphatic hydroxyl groups excluding tert-OH is 1. The molecule has 60 valence electrons. The third-order valence-electron chi connectivity index (χ3n) is 1.89. The Morgan fingerprint density at radius 3 is 3.27 bits per heavy atom. The lowest BCUT2D eigenvalue weighted by atomic mass is 10.0. The van der Waals surface area contributed by atoms with E-state index in [0.29, 0.717) is 4.47 Å². The lowest BCUT2D eigenvalue weighted by Gasteiger charge is -2.14. The van der Waals surface area contributed by atoms with Gasteiger partial charge in [-0.2, -0.15) is 0 Å². The summed E-state index contributed by atoms with van der Waals surface area (Å²) in [5.74, 6) is 0. The number of hydrogen-bond acceptors (Lipinski definition) is 3. The Morgan fingerprint density at radius 2 is 2.45 bits per heavy atom. The van der Waals surface area contributed by atoms with E-state index in [1.54, 1.807) is 0 Å². The van der Waals surface area contributed by atoms with E-state index >= 15 is 0 Å². The minimum Gasteiger partial charge on any atom is -0.393 e. The summed E-state index contributed by atoms with van der Waals surface area (Å²) in [5, 5.41) is 9.30. The monoisotopic (exact) mass is 189 g/mol. The van der Waals surface area contributed by atoms with Crippen molar-refractivity contribution < 1.29 is 5.11 Å². The summed E-state index contributed by atoms with van der Waals surface area (Å²) < 4.78 is 0.601. The van der Waals surface area contributed by atoms with E-state index in [0.717, 1.165) is 29.8 Å². The highest BCUT2D eigenvalue weighted by Gasteiger charge is 2.19. The maximum absolute atomic E-state index is 9.30. The lowest BCUT2D eigenvalue weighted by molar-refractivity contribution is 0.159. The Hall–Kier alpha value is -0.120. The van der Waals surface area contributed by atoms with Crippen LogP contribution in [0.3, 0.4) is 0 Å². The van der Waals surface area contributed by atoms with E-state index in [2.05, 4.69) is 4.98 Å². The Balaban J connectivity index is 2.34. The van der Waals surface area contributed by atoms with Gasteiger partial charge in [0.1, 0.15) is 0 Å². The van der Waals surface area contributed by atoms with Gasteiger partial charge in [0.2, 0.25) is 0 Å². The first kappa shape index (κ1) is 7.53. The van der Waals surface area contributed by atoms with E-state index in [4.69, 9.17) is 11.6 Å². The van der Waals surface area contributed by atoms with Gasteiger partial charge in [-0.05, 0) is 12.8 Å². The molecule has 0 saturated heterocycles. The molecule has 1 aliphatic rings. The summed E-state index contributed by atoms with van der Waals surface area (Å²) in [6, 6.07) is 0. The van der Waals surface area contributed by atoms with Crippen LogP contribution in [0.25, 0.3) is 0 Å². The molecule has 1 unspecified atom stereocenters. The molecule has 0 amide bonds. The standard InChI is InChI=1S/C7H8ClNOS/c8-7-9-5-2-1-4(10)3-6(5)11-7/h4,10H,1-3H2. The molecule has 0 fully saturated rings. The fraction of sp³-hybridized carbons (Fsp3) is 0.571. The zero-order valence-corrected chi connectivity index (χ0v) is 7.45. The molecule has 2 nitrogen and oxygen atoms in total. The van der Waals surface area contributed by atoms with Gasteiger partial charge in [-0.1, -0.05) is 11.6 Å². The number of hydrogen-bond donors (Lipinski definition) is 1. The molecule has 0 bridgehead atoms. The molecule has 11 heavy (non-hydrogen) atoms. The normalized spacial score (nSPS) is 23.3. The van der Waals surface area contributed by atoms with E-state index in [1.807, 2.05) is 0 Å². The van der Waals surface area contributed by atoms with Crippen molar-refractivity contribution in [1.29, 1.82) is 0 Å². The Bertz CT molecular complexity index is 273. The number of rotatable bonds is 0. The molecule has 1 aliphatic carbocycles. The smallest absolute Gasteiger partial charge is 0.184 e. The van der Waals surface area contributed by atoms with Crippen molar-refractivity contribution in [1.82, 2.24) is 4.98 Å². The number of aryl methyl sites for hydroxylation is 1. The molecular weight excluding hydrogens is 182 g/mol. The van der Waals surface area contributed by atoms with E-state index in [1.165, 1.54) is 11.3 Å². The second kappa shape index (κ2) is 2.73. The second-order valence-corrected chi connectivity index (χ2v) is 4.40. The number of aliphatic hydroxyl groups is 1. The zero-order chi connectivity index (χ0) is 7.84. The molecule has 0 spiro atoms. The van der Waals surface area contributed by atoms with Crippen molar-refractivity contribution in [2.24, 2.45) is 0 Å². The number of halogens is 1. The van der Waals surface area contributed by atoms with Gasteiger partial charge in [0.25, 0.3) is 0 Å². The van der Waals surface area contributed by atoms with Gasteiger partial charge in [0, 0.05) is 11.3 Å². The Morgan fingerprint density at radius 1 is 1.64 bits per heavy atom. The van der Waals surface area contributed by atoms with Crippen molar-refractivity contribution >= 4 is 22.9 Å². The maximum Gasteiger partial charge on any atom is 0.184 e. The number of fused-ring (bicyclic) bond motifs is 1. The molecule has 0 radical (unpaired) electrons. The molecule has 2 rings (SSSR count). The van der Waals surface area contributed by atoms with Crippen LogP contribution in [0.4, 0.5) is 0 Å². The molecule has 1 atom stereocenters. The highest BCUT2D eigenvalue weighted by Crippen LogP contribution is 2.29. The van der Waals surface area contributed by atoms with Crippen molar-refractivity contribution in [3.05, 3.63) is 15.0 Å². The lowest BCUT2D eigenvalue weighted by Crippen LogP contribution is -2.17. The molecule has 1 aromatic rings. The highest BCUT2D eigenvalue weighted by molar-refractivity contribution is 7.15. The summed E-state index contributed by atoms with van der Waals surface area (Å²) >= 11 is 7.21. The average Bonchev–Trinajstić information content (AvgIpc) is 2.27. The summed E-state index contributed by atoms with van der Waals surface area (Å²) in [4.78, 5) is 5.32. The van der Waals surface area contributed by atoms with Gasteiger partial charge in [-0.3, -0.25) is 0 Å². The average molecular weight is 190 g/mol. The minimum absolute atomic E-state index is 0.181. The molecule has 1 heterocycles. The summed E-state index contributed by atoms with van der Waals surface area (Å²) in [7, 11) is 0. The van der Waals surface area contributed by atoms with Crippen LogP contribution in [0, 0.1) is 0 Å². The fourth-order valence-electron chi connectivity index (χ4n) is 1.33. The first-order chi connectivity index (χ1) is 5.25. The quantitative estimate of drug-likeness (QED) is 0.673. The summed E-state index contributed by atoms with van der Waals surface area (Å²) in [5.41, 5.74) is 1.09. The number of nitrogens with zero attached hydrogens (tertiary/aromatic N) is 1. The predicted octanol–water partition coefficient (Wildman–Crippen LogP) is 1.65. The highest BCUT2D eigenvalue weighted by atomic mass is 35.5. The SMILES string of the molecule is OC1CCc2nc(Cl)sc2C1. The van der Waals surface area contributed by atoms with Crippen molar-refractivity contribution in [2.45, 2.75) is 25.4 Å². The largest absolute Gasteiger partial charge is 0.393 e. The summed E-state index contributed by atoms with van der Waals surface area (Å²) in [6.45, 7) is 0. The van der Waals surface area contributed by atoms with Crippen LogP contribution >= 0.6 is 22.9 Å². The topological polar surface area (TPSA) is 33.1 Å². The van der Waals surface area contributed by atoms with Crippen LogP contribution in [0.1, 0.15) is 17.0 Å². The molecule has 4 heteroatoms. The Kier molecular flexibility index (Phi) is 1.87. The molecular formula is C7H8ClNOS. The zero-order valence-electron chi connectivity index (χ0n) is 5.88. The van der Waals surface area contributed by atoms with Gasteiger partial charge >= 0.3 is 0 Å². The van der Waals surface area contributed by atoms with Crippen molar-refractivity contribution in [3.8, 4) is 0 Å². The van der Waals surface area contributed by atoms with Gasteiger partial charge in [-0.15, -0.1) is 11.3 Å². The van der Waals surface area contributed by atoms with E-state index < -0.39 is 0 Å². The van der Waals surface area contributed by atoms with Crippen LogP contribution in [0.5, 0.6) is 0 Å². The van der Waals surface area contributed by atoms with Gasteiger partial charge in [0.15, 0.2) is 4.47 Å². The molecule has 0 aliphatic heterocycles. The third-order valence-corrected chi connectivity index (χ3v) is 3.11. The van der Waals surface area contributed by atoms with Gasteiger partial charge in [0.05, 0.1) is 11.8 Å². The van der Waals surface area contributed by atoms with Crippen LogP contribution in [0.15, 0.2) is 0 Å². The van der Waals surface area contributed by atoms with Crippen LogP contribution < -0.4 is 0 Å². The summed E-state index contributed by atoms with van der Waals surface area (Å²) in [6.07, 6.45) is 2.26. The minimum atomic E-state index is -0.181. The van der Waals surface area contributed by atoms with Gasteiger partial charge in [-0.25, -0.2) is 4.98 Å². The first-order valence-corrected chi connectivity index (χ1v) is 4.77. The molecule has 1 aromatic heterocycles. The van der Waals surface area contributed by atoms with Crippen molar-refractivity contribution in [3.63, 3.8) is 0 Å². The maximum atomic E-state index is 9.30. The predicted molar refractivity (Wildman–Crippen MR) is 45.2 cm³/mol. The van der Waals surface area contributed by atoms with E-state index in [9.17, 15) is 5.11 Å². The van der Waals surface area contributed by atoms with Crippen molar-refractivity contribution in [2.75, 3.05) is 0 Å². The number of thiazole rings is 1. The first-order valence-electron chi connectivity index (χ1n) is 3.58. The van der Waals surface area contributed by atoms with Crippen LogP contribution in [-0.4, -0.2) is 16.2 Å². The molecule has 0 aromatic carbocycles.